The molecule has 0 spiro atoms. The molecule has 22 heavy (non-hydrogen) atoms. The van der Waals surface area contributed by atoms with E-state index in [9.17, 15) is 22.8 Å². The standard InChI is InChI=1S/C14H20F3NO4/c1-21-13(20)11-6-9-4-2-3-5-10(9)18(11)12(19)7-22-8-14(15,16)17/h9-11H,2-8H2,1H3/t9-,10+,11-/m0/s1. The maximum atomic E-state index is 12.2. The topological polar surface area (TPSA) is 55.8 Å². The molecule has 0 radical (unpaired) electrons. The molecule has 0 aromatic heterocycles. The van der Waals surface area contributed by atoms with Crippen molar-refractivity contribution >= 4 is 11.9 Å². The first-order valence-corrected chi connectivity index (χ1v) is 7.37. The van der Waals surface area contributed by atoms with Crippen molar-refractivity contribution < 1.29 is 32.2 Å². The molecule has 0 unspecified atom stereocenters. The van der Waals surface area contributed by atoms with Gasteiger partial charge >= 0.3 is 12.1 Å². The van der Waals surface area contributed by atoms with Gasteiger partial charge in [-0.25, -0.2) is 4.79 Å². The van der Waals surface area contributed by atoms with E-state index in [4.69, 9.17) is 4.74 Å². The third-order valence-corrected chi connectivity index (χ3v) is 4.34. The van der Waals surface area contributed by atoms with Crippen LogP contribution in [0.5, 0.6) is 0 Å². The molecule has 0 bridgehead atoms. The van der Waals surface area contributed by atoms with E-state index in [1.54, 1.807) is 0 Å². The molecule has 8 heteroatoms. The second kappa shape index (κ2) is 6.85. The zero-order valence-corrected chi connectivity index (χ0v) is 12.4. The Morgan fingerprint density at radius 3 is 2.55 bits per heavy atom. The van der Waals surface area contributed by atoms with Gasteiger partial charge in [-0.1, -0.05) is 12.8 Å². The van der Waals surface area contributed by atoms with Gasteiger partial charge < -0.3 is 14.4 Å². The smallest absolute Gasteiger partial charge is 0.411 e. The highest BCUT2D eigenvalue weighted by atomic mass is 19.4. The third-order valence-electron chi connectivity index (χ3n) is 4.34. The summed E-state index contributed by atoms with van der Waals surface area (Å²) in [5.74, 6) is -0.878. The monoisotopic (exact) mass is 323 g/mol. The molecule has 1 aliphatic heterocycles. The van der Waals surface area contributed by atoms with Crippen LogP contribution in [0.1, 0.15) is 32.1 Å². The number of likely N-dealkylation sites (tertiary alicyclic amines) is 1. The molecular formula is C14H20F3NO4. The second-order valence-corrected chi connectivity index (χ2v) is 5.80. The van der Waals surface area contributed by atoms with Crippen molar-refractivity contribution in [2.24, 2.45) is 5.92 Å². The Morgan fingerprint density at radius 1 is 1.23 bits per heavy atom. The molecule has 2 rings (SSSR count). The number of alkyl halides is 3. The maximum Gasteiger partial charge on any atom is 0.411 e. The van der Waals surface area contributed by atoms with Gasteiger partial charge in [0.15, 0.2) is 0 Å². The van der Waals surface area contributed by atoms with Gasteiger partial charge in [-0.15, -0.1) is 0 Å². The van der Waals surface area contributed by atoms with Crippen molar-refractivity contribution in [1.82, 2.24) is 4.90 Å². The first-order valence-electron chi connectivity index (χ1n) is 7.37. The minimum absolute atomic E-state index is 0.0974. The largest absolute Gasteiger partial charge is 0.467 e. The minimum atomic E-state index is -4.47. The SMILES string of the molecule is COC(=O)[C@@H]1C[C@@H]2CCCC[C@H]2N1C(=O)COCC(F)(F)F. The average Bonchev–Trinajstić information content (AvgIpc) is 2.84. The van der Waals surface area contributed by atoms with Gasteiger partial charge in [0, 0.05) is 6.04 Å². The first-order chi connectivity index (χ1) is 10.3. The Labute approximate surface area is 126 Å². The number of carbonyl (C=O) groups excluding carboxylic acids is 2. The van der Waals surface area contributed by atoms with Crippen molar-refractivity contribution in [3.8, 4) is 0 Å². The number of carbonyl (C=O) groups is 2. The maximum absolute atomic E-state index is 12.2. The van der Waals surface area contributed by atoms with E-state index >= 15 is 0 Å². The van der Waals surface area contributed by atoms with E-state index < -0.39 is 37.3 Å². The first kappa shape index (κ1) is 17.1. The van der Waals surface area contributed by atoms with Crippen LogP contribution < -0.4 is 0 Å². The summed E-state index contributed by atoms with van der Waals surface area (Å²) in [5.41, 5.74) is 0. The summed E-state index contributed by atoms with van der Waals surface area (Å²) in [4.78, 5) is 25.5. The van der Waals surface area contributed by atoms with Crippen molar-refractivity contribution in [1.29, 1.82) is 0 Å². The predicted octanol–water partition coefficient (Wildman–Crippen LogP) is 1.90. The van der Waals surface area contributed by atoms with Gasteiger partial charge in [-0.05, 0) is 25.2 Å². The van der Waals surface area contributed by atoms with Crippen LogP contribution in [0.2, 0.25) is 0 Å². The highest BCUT2D eigenvalue weighted by Gasteiger charge is 2.47. The normalized spacial score (nSPS) is 28.4. The molecule has 0 aromatic rings. The van der Waals surface area contributed by atoms with Crippen LogP contribution in [-0.2, 0) is 19.1 Å². The molecule has 2 aliphatic rings. The summed E-state index contributed by atoms with van der Waals surface area (Å²) >= 11 is 0. The fraction of sp³-hybridized carbons (Fsp3) is 0.857. The van der Waals surface area contributed by atoms with Gasteiger partial charge in [0.2, 0.25) is 5.91 Å². The van der Waals surface area contributed by atoms with Gasteiger partial charge in [0.1, 0.15) is 19.3 Å². The van der Waals surface area contributed by atoms with Crippen LogP contribution in [0.15, 0.2) is 0 Å². The molecule has 126 valence electrons. The summed E-state index contributed by atoms with van der Waals surface area (Å²) < 4.78 is 45.4. The highest BCUT2D eigenvalue weighted by molar-refractivity contribution is 5.86. The summed E-state index contributed by atoms with van der Waals surface area (Å²) in [6.07, 6.45) is -0.277. The lowest BCUT2D eigenvalue weighted by Gasteiger charge is -2.33. The Balaban J connectivity index is 2.02. The summed E-state index contributed by atoms with van der Waals surface area (Å²) in [6.45, 7) is -2.14. The molecule has 1 saturated carbocycles. The van der Waals surface area contributed by atoms with Gasteiger partial charge in [0.25, 0.3) is 0 Å². The molecule has 5 nitrogen and oxygen atoms in total. The van der Waals surface area contributed by atoms with Crippen LogP contribution in [0.4, 0.5) is 13.2 Å². The molecule has 1 amide bonds. The van der Waals surface area contributed by atoms with Crippen LogP contribution >= 0.6 is 0 Å². The van der Waals surface area contributed by atoms with E-state index in [0.717, 1.165) is 25.7 Å². The number of nitrogens with zero attached hydrogens (tertiary/aromatic N) is 1. The number of rotatable bonds is 4. The van der Waals surface area contributed by atoms with Crippen molar-refractivity contribution in [2.45, 2.75) is 50.4 Å². The highest BCUT2D eigenvalue weighted by Crippen LogP contribution is 2.40. The molecular weight excluding hydrogens is 303 g/mol. The predicted molar refractivity (Wildman–Crippen MR) is 69.9 cm³/mol. The lowest BCUT2D eigenvalue weighted by atomic mass is 9.85. The average molecular weight is 323 g/mol. The van der Waals surface area contributed by atoms with Crippen LogP contribution in [0.25, 0.3) is 0 Å². The Bertz CT molecular complexity index is 427. The quantitative estimate of drug-likeness (QED) is 0.742. The Hall–Kier alpha value is -1.31. The number of amides is 1. The molecule has 3 atom stereocenters. The minimum Gasteiger partial charge on any atom is -0.467 e. The third kappa shape index (κ3) is 3.91. The zero-order valence-electron chi connectivity index (χ0n) is 12.4. The summed E-state index contributed by atoms with van der Waals surface area (Å²) in [7, 11) is 1.24. The lowest BCUT2D eigenvalue weighted by molar-refractivity contribution is -0.179. The summed E-state index contributed by atoms with van der Waals surface area (Å²) in [5, 5.41) is 0. The lowest BCUT2D eigenvalue weighted by Crippen LogP contribution is -2.48. The summed E-state index contributed by atoms with van der Waals surface area (Å²) in [6, 6.07) is -0.806. The number of ether oxygens (including phenoxy) is 2. The Morgan fingerprint density at radius 2 is 1.91 bits per heavy atom. The van der Waals surface area contributed by atoms with Crippen LogP contribution in [0, 0.1) is 5.92 Å². The zero-order chi connectivity index (χ0) is 16.3. The van der Waals surface area contributed by atoms with Crippen LogP contribution in [-0.4, -0.2) is 55.4 Å². The van der Waals surface area contributed by atoms with Gasteiger partial charge in [-0.2, -0.15) is 13.2 Å². The van der Waals surface area contributed by atoms with E-state index in [2.05, 4.69) is 4.74 Å². The fourth-order valence-corrected chi connectivity index (χ4v) is 3.49. The van der Waals surface area contributed by atoms with Crippen molar-refractivity contribution in [2.75, 3.05) is 20.3 Å². The van der Waals surface area contributed by atoms with E-state index in [0.29, 0.717) is 6.42 Å². The Kier molecular flexibility index (Phi) is 5.31. The van der Waals surface area contributed by atoms with E-state index in [1.165, 1.54) is 12.0 Å². The molecule has 0 N–H and O–H groups in total. The van der Waals surface area contributed by atoms with E-state index in [-0.39, 0.29) is 12.0 Å². The van der Waals surface area contributed by atoms with Gasteiger partial charge in [-0.3, -0.25) is 4.79 Å². The second-order valence-electron chi connectivity index (χ2n) is 5.80. The molecule has 1 saturated heterocycles. The molecule has 1 heterocycles. The van der Waals surface area contributed by atoms with Crippen molar-refractivity contribution in [3.05, 3.63) is 0 Å². The molecule has 2 fully saturated rings. The number of hydrogen-bond acceptors (Lipinski definition) is 4. The number of halogens is 3. The van der Waals surface area contributed by atoms with Crippen molar-refractivity contribution in [3.63, 3.8) is 0 Å². The number of methoxy groups -OCH3 is 1. The number of esters is 1. The van der Waals surface area contributed by atoms with Crippen LogP contribution in [0.3, 0.4) is 0 Å². The number of hydrogen-bond donors (Lipinski definition) is 0. The van der Waals surface area contributed by atoms with Gasteiger partial charge in [0.05, 0.1) is 7.11 Å². The van der Waals surface area contributed by atoms with E-state index in [1.807, 2.05) is 0 Å². The molecule has 0 aromatic carbocycles. The number of fused-ring (bicyclic) bond motifs is 1. The molecule has 1 aliphatic carbocycles. The fourth-order valence-electron chi connectivity index (χ4n) is 3.49.